The highest BCUT2D eigenvalue weighted by atomic mass is 19.4. The first-order chi connectivity index (χ1) is 14.4. The zero-order valence-corrected chi connectivity index (χ0v) is 15.2. The molecular weight excluding hydrogens is 397 g/mol. The van der Waals surface area contributed by atoms with Crippen molar-refractivity contribution in [2.24, 2.45) is 0 Å². The molecule has 1 N–H and O–H groups in total. The van der Waals surface area contributed by atoms with Crippen molar-refractivity contribution in [2.45, 2.75) is 6.18 Å². The number of nitrogens with one attached hydrogen (secondary N) is 1. The summed E-state index contributed by atoms with van der Waals surface area (Å²) in [4.78, 5) is 24.0. The molecule has 3 heterocycles. The van der Waals surface area contributed by atoms with Crippen LogP contribution in [0.1, 0.15) is 16.1 Å². The summed E-state index contributed by atoms with van der Waals surface area (Å²) in [5.74, 6) is 0.597. The number of benzene rings is 1. The van der Waals surface area contributed by atoms with Gasteiger partial charge in [0.1, 0.15) is 17.2 Å². The lowest BCUT2D eigenvalue weighted by atomic mass is 10.1. The number of rotatable bonds is 4. The number of nitrogens with zero attached hydrogens (tertiary/aromatic N) is 3. The molecule has 4 rings (SSSR count). The van der Waals surface area contributed by atoms with Gasteiger partial charge in [-0.2, -0.15) is 13.2 Å². The van der Waals surface area contributed by atoms with Crippen LogP contribution in [0.15, 0.2) is 73.3 Å². The standard InChI is InChI=1S/C21H13F3N4O2/c22-21(23,24)19-6-5-15(10-27-19)28-20(29)14-4-3-13-8-17(12-26-18(13)9-14)30-16-2-1-7-25-11-16/h1-12H,(H,28,29). The molecule has 0 radical (unpaired) electrons. The average molecular weight is 410 g/mol. The third kappa shape index (κ3) is 4.35. The Labute approximate surface area is 168 Å². The fraction of sp³-hybridized carbons (Fsp3) is 0.0476. The lowest BCUT2D eigenvalue weighted by Crippen LogP contribution is -2.13. The Morgan fingerprint density at radius 2 is 1.80 bits per heavy atom. The number of hydrogen-bond donors (Lipinski definition) is 1. The van der Waals surface area contributed by atoms with E-state index in [1.807, 2.05) is 0 Å². The van der Waals surface area contributed by atoms with E-state index >= 15 is 0 Å². The number of amides is 1. The molecular formula is C21H13F3N4O2. The Hall–Kier alpha value is -4.01. The minimum absolute atomic E-state index is 0.154. The Morgan fingerprint density at radius 3 is 2.50 bits per heavy atom. The Morgan fingerprint density at radius 1 is 0.933 bits per heavy atom. The Balaban J connectivity index is 1.50. The van der Waals surface area contributed by atoms with Gasteiger partial charge in [-0.15, -0.1) is 0 Å². The lowest BCUT2D eigenvalue weighted by Gasteiger charge is -2.09. The first-order valence-electron chi connectivity index (χ1n) is 8.71. The zero-order chi connectivity index (χ0) is 21.1. The van der Waals surface area contributed by atoms with Gasteiger partial charge in [0.25, 0.3) is 5.91 Å². The number of ether oxygens (including phenoxy) is 1. The van der Waals surface area contributed by atoms with E-state index in [4.69, 9.17) is 4.74 Å². The molecule has 0 atom stereocenters. The summed E-state index contributed by atoms with van der Waals surface area (Å²) in [7, 11) is 0. The second kappa shape index (κ2) is 7.78. The number of anilines is 1. The number of carbonyl (C=O) groups excluding carboxylic acids is 1. The van der Waals surface area contributed by atoms with Crippen molar-refractivity contribution in [3.05, 3.63) is 84.6 Å². The van der Waals surface area contributed by atoms with Gasteiger partial charge in [0, 0.05) is 17.1 Å². The number of halogens is 3. The molecule has 0 spiro atoms. The van der Waals surface area contributed by atoms with Gasteiger partial charge in [0.2, 0.25) is 0 Å². The molecule has 150 valence electrons. The summed E-state index contributed by atoms with van der Waals surface area (Å²) in [5.41, 5.74) is -0.0106. The molecule has 1 amide bonds. The third-order valence-electron chi connectivity index (χ3n) is 4.10. The van der Waals surface area contributed by atoms with Crippen LogP contribution in [0.2, 0.25) is 0 Å². The second-order valence-electron chi connectivity index (χ2n) is 6.25. The fourth-order valence-electron chi connectivity index (χ4n) is 2.68. The molecule has 4 aromatic rings. The minimum Gasteiger partial charge on any atom is -0.454 e. The molecule has 9 heteroatoms. The van der Waals surface area contributed by atoms with E-state index < -0.39 is 17.8 Å². The number of pyridine rings is 3. The predicted molar refractivity (Wildman–Crippen MR) is 103 cm³/mol. The highest BCUT2D eigenvalue weighted by molar-refractivity contribution is 6.06. The van der Waals surface area contributed by atoms with Crippen LogP contribution in [0, 0.1) is 0 Å². The summed E-state index contributed by atoms with van der Waals surface area (Å²) in [5, 5.41) is 3.27. The van der Waals surface area contributed by atoms with Crippen LogP contribution in [0.5, 0.6) is 11.5 Å². The highest BCUT2D eigenvalue weighted by Gasteiger charge is 2.32. The zero-order valence-electron chi connectivity index (χ0n) is 15.2. The van der Waals surface area contributed by atoms with Gasteiger partial charge in [-0.1, -0.05) is 6.07 Å². The van der Waals surface area contributed by atoms with Gasteiger partial charge in [-0.3, -0.25) is 14.8 Å². The highest BCUT2D eigenvalue weighted by Crippen LogP contribution is 2.28. The van der Waals surface area contributed by atoms with Gasteiger partial charge in [-0.05, 0) is 42.5 Å². The van der Waals surface area contributed by atoms with Crippen LogP contribution < -0.4 is 10.1 Å². The van der Waals surface area contributed by atoms with E-state index in [2.05, 4.69) is 20.3 Å². The van der Waals surface area contributed by atoms with Crippen LogP contribution in [0.3, 0.4) is 0 Å². The van der Waals surface area contributed by atoms with Crippen molar-refractivity contribution in [2.75, 3.05) is 5.32 Å². The molecule has 0 aliphatic rings. The van der Waals surface area contributed by atoms with Crippen LogP contribution in [-0.4, -0.2) is 20.9 Å². The molecule has 0 aliphatic carbocycles. The normalized spacial score (nSPS) is 11.3. The molecule has 30 heavy (non-hydrogen) atoms. The quantitative estimate of drug-likeness (QED) is 0.507. The predicted octanol–water partition coefficient (Wildman–Crippen LogP) is 5.09. The van der Waals surface area contributed by atoms with Gasteiger partial charge >= 0.3 is 6.18 Å². The maximum atomic E-state index is 12.6. The van der Waals surface area contributed by atoms with E-state index in [9.17, 15) is 18.0 Å². The van der Waals surface area contributed by atoms with Gasteiger partial charge in [0.05, 0.1) is 29.8 Å². The van der Waals surface area contributed by atoms with E-state index in [0.29, 0.717) is 22.6 Å². The first kappa shape index (κ1) is 19.3. The molecule has 0 unspecified atom stereocenters. The number of aromatic nitrogens is 3. The molecule has 0 bridgehead atoms. The number of carbonyl (C=O) groups is 1. The minimum atomic E-state index is -4.54. The third-order valence-corrected chi connectivity index (χ3v) is 4.10. The molecule has 6 nitrogen and oxygen atoms in total. The summed E-state index contributed by atoms with van der Waals surface area (Å²) < 4.78 is 43.4. The largest absolute Gasteiger partial charge is 0.454 e. The van der Waals surface area contributed by atoms with Crippen molar-refractivity contribution in [1.29, 1.82) is 0 Å². The molecule has 3 aromatic heterocycles. The second-order valence-corrected chi connectivity index (χ2v) is 6.25. The lowest BCUT2D eigenvalue weighted by molar-refractivity contribution is -0.141. The van der Waals surface area contributed by atoms with E-state index in [-0.39, 0.29) is 5.69 Å². The molecule has 0 aliphatic heterocycles. The van der Waals surface area contributed by atoms with E-state index in [0.717, 1.165) is 23.7 Å². The van der Waals surface area contributed by atoms with Crippen LogP contribution in [-0.2, 0) is 6.18 Å². The number of hydrogen-bond acceptors (Lipinski definition) is 5. The van der Waals surface area contributed by atoms with Gasteiger partial charge in [-0.25, -0.2) is 4.98 Å². The maximum Gasteiger partial charge on any atom is 0.433 e. The summed E-state index contributed by atoms with van der Waals surface area (Å²) in [6.07, 6.45) is 1.16. The monoisotopic (exact) mass is 410 g/mol. The first-order valence-corrected chi connectivity index (χ1v) is 8.71. The van der Waals surface area contributed by atoms with Crippen molar-refractivity contribution in [1.82, 2.24) is 15.0 Å². The summed E-state index contributed by atoms with van der Waals surface area (Å²) >= 11 is 0. The van der Waals surface area contributed by atoms with Crippen molar-refractivity contribution >= 4 is 22.5 Å². The maximum absolute atomic E-state index is 12.6. The smallest absolute Gasteiger partial charge is 0.433 e. The fourth-order valence-corrected chi connectivity index (χ4v) is 2.68. The molecule has 1 aromatic carbocycles. The Kier molecular flexibility index (Phi) is 5.01. The topological polar surface area (TPSA) is 77.0 Å². The van der Waals surface area contributed by atoms with Crippen molar-refractivity contribution < 1.29 is 22.7 Å². The molecule has 0 saturated heterocycles. The summed E-state index contributed by atoms with van der Waals surface area (Å²) in [6, 6.07) is 12.1. The number of alkyl halides is 3. The Bertz CT molecular complexity index is 1200. The van der Waals surface area contributed by atoms with Crippen LogP contribution in [0.25, 0.3) is 10.9 Å². The van der Waals surface area contributed by atoms with Crippen molar-refractivity contribution in [3.8, 4) is 11.5 Å². The molecule has 0 saturated carbocycles. The average Bonchev–Trinajstić information content (AvgIpc) is 2.74. The van der Waals surface area contributed by atoms with Crippen LogP contribution >= 0.6 is 0 Å². The molecule has 0 fully saturated rings. The van der Waals surface area contributed by atoms with E-state index in [1.165, 1.54) is 6.20 Å². The van der Waals surface area contributed by atoms with Crippen LogP contribution in [0.4, 0.5) is 18.9 Å². The SMILES string of the molecule is O=C(Nc1ccc(C(F)(F)F)nc1)c1ccc2cc(Oc3cccnc3)cnc2c1. The number of fused-ring (bicyclic) bond motifs is 1. The van der Waals surface area contributed by atoms with Crippen molar-refractivity contribution in [3.63, 3.8) is 0 Å². The van der Waals surface area contributed by atoms with Gasteiger partial charge in [0.15, 0.2) is 0 Å². The summed E-state index contributed by atoms with van der Waals surface area (Å²) in [6.45, 7) is 0. The van der Waals surface area contributed by atoms with Gasteiger partial charge < -0.3 is 10.1 Å². The van der Waals surface area contributed by atoms with E-state index in [1.54, 1.807) is 48.8 Å².